The molecule has 0 bridgehead atoms. The van der Waals surface area contributed by atoms with E-state index >= 15 is 0 Å². The van der Waals surface area contributed by atoms with Crippen molar-refractivity contribution in [1.82, 2.24) is 15.2 Å². The predicted octanol–water partition coefficient (Wildman–Crippen LogP) is 3.08. The number of likely N-dealkylation sites (N-methyl/N-ethyl adjacent to an activating group) is 1. The maximum atomic E-state index is 12.5. The Balaban J connectivity index is 1.89. The number of carbonyl (C=O) groups is 2. The van der Waals surface area contributed by atoms with Crippen LogP contribution < -0.4 is 5.32 Å². The van der Waals surface area contributed by atoms with Gasteiger partial charge >= 0.3 is 6.09 Å². The number of aromatic amines is 1. The van der Waals surface area contributed by atoms with Crippen molar-refractivity contribution in [1.29, 1.82) is 0 Å². The van der Waals surface area contributed by atoms with Crippen LogP contribution in [-0.2, 0) is 16.0 Å². The Morgan fingerprint density at radius 1 is 1.28 bits per heavy atom. The minimum Gasteiger partial charge on any atom is -0.444 e. The molecule has 0 saturated heterocycles. The van der Waals surface area contributed by atoms with Gasteiger partial charge in [0.1, 0.15) is 5.60 Å². The van der Waals surface area contributed by atoms with E-state index < -0.39 is 11.7 Å². The van der Waals surface area contributed by atoms with Gasteiger partial charge in [-0.05, 0) is 39.3 Å². The van der Waals surface area contributed by atoms with Gasteiger partial charge in [0.2, 0.25) is 5.91 Å². The molecule has 2 N–H and O–H groups in total. The molecule has 6 nitrogen and oxygen atoms in total. The van der Waals surface area contributed by atoms with E-state index in [-0.39, 0.29) is 11.9 Å². The van der Waals surface area contributed by atoms with Crippen LogP contribution in [-0.4, -0.2) is 47.1 Å². The number of hydrogen-bond donors (Lipinski definition) is 2. The minimum absolute atomic E-state index is 0.00300. The normalized spacial score (nSPS) is 12.7. The molecule has 0 aliphatic carbocycles. The monoisotopic (exact) mass is 345 g/mol. The molecule has 2 aromatic rings. The first-order chi connectivity index (χ1) is 11.7. The van der Waals surface area contributed by atoms with Crippen LogP contribution in [0.25, 0.3) is 10.9 Å². The van der Waals surface area contributed by atoms with Gasteiger partial charge in [-0.3, -0.25) is 4.79 Å². The van der Waals surface area contributed by atoms with Gasteiger partial charge in [0.05, 0.1) is 6.42 Å². The average Bonchev–Trinajstić information content (AvgIpc) is 2.93. The highest BCUT2D eigenvalue weighted by molar-refractivity contribution is 5.88. The van der Waals surface area contributed by atoms with Crippen molar-refractivity contribution < 1.29 is 14.3 Å². The smallest absolute Gasteiger partial charge is 0.407 e. The van der Waals surface area contributed by atoms with Crippen LogP contribution in [0.1, 0.15) is 33.3 Å². The summed E-state index contributed by atoms with van der Waals surface area (Å²) in [5, 5.41) is 3.76. The largest absolute Gasteiger partial charge is 0.444 e. The summed E-state index contributed by atoms with van der Waals surface area (Å²) in [7, 11) is 1.75. The lowest BCUT2D eigenvalue weighted by Gasteiger charge is -2.26. The number of ether oxygens (including phenoxy) is 1. The Morgan fingerprint density at radius 3 is 2.64 bits per heavy atom. The van der Waals surface area contributed by atoms with Crippen molar-refractivity contribution in [2.24, 2.45) is 0 Å². The molecule has 1 aromatic carbocycles. The van der Waals surface area contributed by atoms with Crippen molar-refractivity contribution in [3.8, 4) is 0 Å². The summed E-state index contributed by atoms with van der Waals surface area (Å²) in [6.07, 6.45) is 1.72. The first-order valence-corrected chi connectivity index (χ1v) is 8.45. The molecular formula is C19H27N3O3. The summed E-state index contributed by atoms with van der Waals surface area (Å²) in [4.78, 5) is 29.1. The fourth-order valence-electron chi connectivity index (χ4n) is 2.49. The second kappa shape index (κ2) is 7.59. The van der Waals surface area contributed by atoms with Gasteiger partial charge in [-0.2, -0.15) is 0 Å². The number of nitrogens with one attached hydrogen (secondary N) is 2. The summed E-state index contributed by atoms with van der Waals surface area (Å²) in [5.74, 6) is 0.00300. The Hall–Kier alpha value is -2.50. The number of carbonyl (C=O) groups excluding carboxylic acids is 2. The third kappa shape index (κ3) is 5.24. The topological polar surface area (TPSA) is 74.4 Å². The predicted molar refractivity (Wildman–Crippen MR) is 98.5 cm³/mol. The summed E-state index contributed by atoms with van der Waals surface area (Å²) >= 11 is 0. The first kappa shape index (κ1) is 18.8. The lowest BCUT2D eigenvalue weighted by Crippen LogP contribution is -2.44. The fraction of sp³-hybridized carbons (Fsp3) is 0.474. The highest BCUT2D eigenvalue weighted by Crippen LogP contribution is 2.18. The third-order valence-corrected chi connectivity index (χ3v) is 4.01. The first-order valence-electron chi connectivity index (χ1n) is 8.45. The van der Waals surface area contributed by atoms with Crippen molar-refractivity contribution in [3.05, 3.63) is 36.0 Å². The molecule has 2 rings (SSSR count). The number of hydrogen-bond acceptors (Lipinski definition) is 3. The average molecular weight is 345 g/mol. The van der Waals surface area contributed by atoms with E-state index in [0.29, 0.717) is 13.0 Å². The van der Waals surface area contributed by atoms with Crippen molar-refractivity contribution in [2.75, 3.05) is 13.6 Å². The molecule has 0 aliphatic heterocycles. The number of alkyl carbamates (subject to hydrolysis) is 1. The zero-order valence-electron chi connectivity index (χ0n) is 15.6. The molecule has 0 unspecified atom stereocenters. The summed E-state index contributed by atoms with van der Waals surface area (Å²) in [5.41, 5.74) is 1.46. The standard InChI is InChI=1S/C19H27N3O3/c1-13(11-21-18(24)25-19(2,3)4)22(5)17(23)10-14-12-20-16-9-7-6-8-15(14)16/h6-9,12-13,20H,10-11H2,1-5H3,(H,21,24)/t13-/m1/s1. The number of nitrogens with zero attached hydrogens (tertiary/aromatic N) is 1. The van der Waals surface area contributed by atoms with Gasteiger partial charge in [-0.15, -0.1) is 0 Å². The zero-order valence-corrected chi connectivity index (χ0v) is 15.6. The van der Waals surface area contributed by atoms with E-state index in [1.54, 1.807) is 11.9 Å². The SMILES string of the molecule is C[C@H](CNC(=O)OC(C)(C)C)N(C)C(=O)Cc1c[nH]c2ccccc12. The van der Waals surface area contributed by atoms with Crippen LogP contribution in [0.15, 0.2) is 30.5 Å². The van der Waals surface area contributed by atoms with Gasteiger partial charge in [0.15, 0.2) is 0 Å². The molecule has 1 heterocycles. The molecule has 136 valence electrons. The molecule has 0 aliphatic rings. The van der Waals surface area contributed by atoms with E-state index in [1.807, 2.05) is 58.2 Å². The molecule has 1 aromatic heterocycles. The quantitative estimate of drug-likeness (QED) is 0.874. The maximum Gasteiger partial charge on any atom is 0.407 e. The third-order valence-electron chi connectivity index (χ3n) is 4.01. The maximum absolute atomic E-state index is 12.5. The molecule has 0 spiro atoms. The summed E-state index contributed by atoms with van der Waals surface area (Å²) in [6, 6.07) is 7.77. The second-order valence-electron chi connectivity index (χ2n) is 7.27. The highest BCUT2D eigenvalue weighted by Gasteiger charge is 2.20. The van der Waals surface area contributed by atoms with Crippen LogP contribution in [0.3, 0.4) is 0 Å². The molecule has 6 heteroatoms. The minimum atomic E-state index is -0.537. The molecule has 0 fully saturated rings. The van der Waals surface area contributed by atoms with Gasteiger partial charge < -0.3 is 19.9 Å². The van der Waals surface area contributed by atoms with Gasteiger partial charge in [0, 0.05) is 36.7 Å². The van der Waals surface area contributed by atoms with Crippen molar-refractivity contribution in [3.63, 3.8) is 0 Å². The molecule has 25 heavy (non-hydrogen) atoms. The lowest BCUT2D eigenvalue weighted by atomic mass is 10.1. The zero-order chi connectivity index (χ0) is 18.6. The van der Waals surface area contributed by atoms with Crippen LogP contribution >= 0.6 is 0 Å². The Kier molecular flexibility index (Phi) is 5.72. The van der Waals surface area contributed by atoms with E-state index in [0.717, 1.165) is 16.5 Å². The van der Waals surface area contributed by atoms with E-state index in [1.165, 1.54) is 0 Å². The number of fused-ring (bicyclic) bond motifs is 1. The van der Waals surface area contributed by atoms with Gasteiger partial charge in [-0.25, -0.2) is 4.79 Å². The number of amides is 2. The fourth-order valence-corrected chi connectivity index (χ4v) is 2.49. The molecule has 0 saturated carbocycles. The Labute approximate surface area is 148 Å². The number of benzene rings is 1. The van der Waals surface area contributed by atoms with E-state index in [9.17, 15) is 9.59 Å². The highest BCUT2D eigenvalue weighted by atomic mass is 16.6. The number of rotatable bonds is 5. The molecule has 2 amide bonds. The Bertz CT molecular complexity index is 746. The lowest BCUT2D eigenvalue weighted by molar-refractivity contribution is -0.130. The number of aromatic nitrogens is 1. The van der Waals surface area contributed by atoms with Gasteiger partial charge in [0.25, 0.3) is 0 Å². The van der Waals surface area contributed by atoms with Crippen LogP contribution in [0.4, 0.5) is 4.79 Å². The van der Waals surface area contributed by atoms with Crippen molar-refractivity contribution in [2.45, 2.75) is 45.8 Å². The van der Waals surface area contributed by atoms with Gasteiger partial charge in [-0.1, -0.05) is 18.2 Å². The second-order valence-corrected chi connectivity index (χ2v) is 7.27. The van der Waals surface area contributed by atoms with Crippen molar-refractivity contribution >= 4 is 22.9 Å². The molecule has 1 atom stereocenters. The number of H-pyrrole nitrogens is 1. The molecule has 0 radical (unpaired) electrons. The summed E-state index contributed by atoms with van der Waals surface area (Å²) in [6.45, 7) is 7.67. The van der Waals surface area contributed by atoms with Crippen LogP contribution in [0, 0.1) is 0 Å². The van der Waals surface area contributed by atoms with Crippen LogP contribution in [0.2, 0.25) is 0 Å². The summed E-state index contributed by atoms with van der Waals surface area (Å²) < 4.78 is 5.20. The van der Waals surface area contributed by atoms with E-state index in [2.05, 4.69) is 10.3 Å². The van der Waals surface area contributed by atoms with E-state index in [4.69, 9.17) is 4.74 Å². The van der Waals surface area contributed by atoms with Crippen LogP contribution in [0.5, 0.6) is 0 Å². The Morgan fingerprint density at radius 2 is 1.96 bits per heavy atom. The number of para-hydroxylation sites is 1. The molecular weight excluding hydrogens is 318 g/mol.